The first kappa shape index (κ1) is 14.6. The molecule has 2 heteroatoms. The van der Waals surface area contributed by atoms with Gasteiger partial charge in [0.05, 0.1) is 0 Å². The molecule has 0 radical (unpaired) electrons. The number of benzene rings is 2. The molecule has 1 unspecified atom stereocenters. The van der Waals surface area contributed by atoms with Crippen molar-refractivity contribution in [3.8, 4) is 0 Å². The third-order valence-electron chi connectivity index (χ3n) is 4.48. The van der Waals surface area contributed by atoms with Crippen molar-refractivity contribution in [3.63, 3.8) is 0 Å². The van der Waals surface area contributed by atoms with E-state index in [1.165, 1.54) is 41.6 Å². The van der Waals surface area contributed by atoms with Crippen molar-refractivity contribution in [1.29, 1.82) is 0 Å². The highest BCUT2D eigenvalue weighted by Crippen LogP contribution is 2.30. The summed E-state index contributed by atoms with van der Waals surface area (Å²) in [5.74, 6) is 0. The van der Waals surface area contributed by atoms with Crippen molar-refractivity contribution in [1.82, 2.24) is 0 Å². The number of anilines is 1. The van der Waals surface area contributed by atoms with Gasteiger partial charge in [-0.1, -0.05) is 34.1 Å². The van der Waals surface area contributed by atoms with Gasteiger partial charge in [-0.25, -0.2) is 0 Å². The Morgan fingerprint density at radius 1 is 1.00 bits per heavy atom. The molecule has 3 rings (SSSR count). The number of halogens is 1. The van der Waals surface area contributed by atoms with Gasteiger partial charge < -0.3 is 5.32 Å². The highest BCUT2D eigenvalue weighted by Gasteiger charge is 2.14. The molecule has 0 heterocycles. The molecule has 2 aromatic rings. The van der Waals surface area contributed by atoms with Gasteiger partial charge in [0.25, 0.3) is 0 Å². The smallest absolute Gasteiger partial charge is 0.0485 e. The maximum absolute atomic E-state index is 3.69. The second-order valence-corrected chi connectivity index (χ2v) is 7.08. The van der Waals surface area contributed by atoms with Gasteiger partial charge in [0, 0.05) is 16.2 Å². The zero-order valence-electron chi connectivity index (χ0n) is 13.0. The van der Waals surface area contributed by atoms with Gasteiger partial charge in [-0.05, 0) is 80.0 Å². The molecule has 1 aliphatic carbocycles. The third kappa shape index (κ3) is 3.01. The summed E-state index contributed by atoms with van der Waals surface area (Å²) < 4.78 is 1.15. The van der Waals surface area contributed by atoms with Crippen molar-refractivity contribution in [2.45, 2.75) is 46.1 Å². The van der Waals surface area contributed by atoms with Gasteiger partial charge in [0.1, 0.15) is 0 Å². The molecule has 1 atom stereocenters. The first-order chi connectivity index (χ1) is 10.0. The Morgan fingerprint density at radius 2 is 1.67 bits per heavy atom. The van der Waals surface area contributed by atoms with E-state index >= 15 is 0 Å². The van der Waals surface area contributed by atoms with Crippen LogP contribution in [0.5, 0.6) is 0 Å². The fraction of sp³-hybridized carbons (Fsp3) is 0.368. The monoisotopic (exact) mass is 343 g/mol. The molecule has 110 valence electrons. The highest BCUT2D eigenvalue weighted by molar-refractivity contribution is 9.10. The summed E-state index contributed by atoms with van der Waals surface area (Å²) >= 11 is 3.56. The summed E-state index contributed by atoms with van der Waals surface area (Å²) in [6, 6.07) is 11.7. The molecule has 1 nitrogen and oxygen atoms in total. The fourth-order valence-electron chi connectivity index (χ4n) is 3.30. The number of rotatable bonds is 3. The minimum Gasteiger partial charge on any atom is -0.378 e. The van der Waals surface area contributed by atoms with Gasteiger partial charge in [-0.15, -0.1) is 0 Å². The van der Waals surface area contributed by atoms with E-state index in [1.807, 2.05) is 0 Å². The van der Waals surface area contributed by atoms with E-state index in [0.29, 0.717) is 6.04 Å². The van der Waals surface area contributed by atoms with Gasteiger partial charge in [0.2, 0.25) is 0 Å². The molecule has 0 saturated carbocycles. The van der Waals surface area contributed by atoms with Crippen LogP contribution >= 0.6 is 15.9 Å². The lowest BCUT2D eigenvalue weighted by molar-refractivity contribution is 0.875. The van der Waals surface area contributed by atoms with E-state index in [9.17, 15) is 0 Å². The number of nitrogens with one attached hydrogen (secondary N) is 1. The van der Waals surface area contributed by atoms with Crippen molar-refractivity contribution < 1.29 is 0 Å². The Bertz CT molecular complexity index is 652. The molecule has 1 aliphatic rings. The second-order valence-electron chi connectivity index (χ2n) is 6.16. The van der Waals surface area contributed by atoms with Crippen LogP contribution in [0.4, 0.5) is 5.69 Å². The van der Waals surface area contributed by atoms with E-state index in [0.717, 1.165) is 4.47 Å². The van der Waals surface area contributed by atoms with Crippen LogP contribution < -0.4 is 5.32 Å². The van der Waals surface area contributed by atoms with Crippen LogP contribution in [0.1, 0.15) is 47.2 Å². The predicted octanol–water partition coefficient (Wildman–Crippen LogP) is 5.73. The summed E-state index contributed by atoms with van der Waals surface area (Å²) in [5.41, 5.74) is 8.31. The average Bonchev–Trinajstić information content (AvgIpc) is 2.89. The van der Waals surface area contributed by atoms with E-state index in [-0.39, 0.29) is 0 Å². The normalized spacial score (nSPS) is 14.9. The Balaban J connectivity index is 1.85. The van der Waals surface area contributed by atoms with Crippen LogP contribution in [0.2, 0.25) is 0 Å². The van der Waals surface area contributed by atoms with Crippen molar-refractivity contribution in [2.75, 3.05) is 5.32 Å². The van der Waals surface area contributed by atoms with E-state index < -0.39 is 0 Å². The largest absolute Gasteiger partial charge is 0.378 e. The number of fused-ring (bicyclic) bond motifs is 1. The topological polar surface area (TPSA) is 12.0 Å². The zero-order chi connectivity index (χ0) is 15.0. The minimum absolute atomic E-state index is 0.328. The summed E-state index contributed by atoms with van der Waals surface area (Å²) in [6.45, 7) is 6.57. The van der Waals surface area contributed by atoms with Crippen LogP contribution in [0, 0.1) is 13.8 Å². The van der Waals surface area contributed by atoms with Gasteiger partial charge >= 0.3 is 0 Å². The van der Waals surface area contributed by atoms with Crippen LogP contribution in [0.15, 0.2) is 34.8 Å². The fourth-order valence-corrected chi connectivity index (χ4v) is 3.99. The van der Waals surface area contributed by atoms with E-state index in [2.05, 4.69) is 72.3 Å². The molecule has 0 spiro atoms. The van der Waals surface area contributed by atoms with Gasteiger partial charge in [-0.2, -0.15) is 0 Å². The van der Waals surface area contributed by atoms with E-state index in [4.69, 9.17) is 0 Å². The van der Waals surface area contributed by atoms with Crippen LogP contribution in [-0.4, -0.2) is 0 Å². The lowest BCUT2D eigenvalue weighted by atomic mass is 10.0. The molecular weight excluding hydrogens is 322 g/mol. The average molecular weight is 344 g/mol. The lowest BCUT2D eigenvalue weighted by Gasteiger charge is -2.20. The number of hydrogen-bond donors (Lipinski definition) is 1. The predicted molar refractivity (Wildman–Crippen MR) is 94.1 cm³/mol. The maximum atomic E-state index is 3.69. The molecule has 0 aromatic heterocycles. The zero-order valence-corrected chi connectivity index (χ0v) is 14.5. The minimum atomic E-state index is 0.328. The quantitative estimate of drug-likeness (QED) is 0.750. The molecule has 1 N–H and O–H groups in total. The molecule has 0 amide bonds. The van der Waals surface area contributed by atoms with Gasteiger partial charge in [-0.3, -0.25) is 0 Å². The van der Waals surface area contributed by atoms with Gasteiger partial charge in [0.15, 0.2) is 0 Å². The first-order valence-electron chi connectivity index (χ1n) is 7.69. The summed E-state index contributed by atoms with van der Waals surface area (Å²) in [7, 11) is 0. The Kier molecular flexibility index (Phi) is 4.08. The van der Waals surface area contributed by atoms with Crippen LogP contribution in [-0.2, 0) is 12.8 Å². The molecular formula is C19H22BrN. The standard InChI is InChI=1S/C19H22BrN/c1-12-9-18(20)10-13(2)19(12)21-14(3)16-8-7-15-5-4-6-17(15)11-16/h7-11,14,21H,4-6H2,1-3H3. The second kappa shape index (κ2) is 5.84. The van der Waals surface area contributed by atoms with Crippen LogP contribution in [0.3, 0.4) is 0 Å². The molecule has 0 fully saturated rings. The Labute approximate surface area is 135 Å². The SMILES string of the molecule is Cc1cc(Br)cc(C)c1NC(C)c1ccc2c(c1)CCC2. The molecule has 0 bridgehead atoms. The molecule has 0 saturated heterocycles. The van der Waals surface area contributed by atoms with Crippen molar-refractivity contribution in [2.24, 2.45) is 0 Å². The molecule has 21 heavy (non-hydrogen) atoms. The molecule has 2 aromatic carbocycles. The lowest BCUT2D eigenvalue weighted by Crippen LogP contribution is -2.09. The maximum Gasteiger partial charge on any atom is 0.0485 e. The third-order valence-corrected chi connectivity index (χ3v) is 4.94. The van der Waals surface area contributed by atoms with Crippen molar-refractivity contribution in [3.05, 3.63) is 62.6 Å². The summed E-state index contributed by atoms with van der Waals surface area (Å²) in [5, 5.41) is 3.69. The summed E-state index contributed by atoms with van der Waals surface area (Å²) in [6.07, 6.45) is 3.81. The highest BCUT2D eigenvalue weighted by atomic mass is 79.9. The molecule has 0 aliphatic heterocycles. The van der Waals surface area contributed by atoms with Crippen molar-refractivity contribution >= 4 is 21.6 Å². The first-order valence-corrected chi connectivity index (χ1v) is 8.49. The summed E-state index contributed by atoms with van der Waals surface area (Å²) in [4.78, 5) is 0. The number of hydrogen-bond acceptors (Lipinski definition) is 1. The number of aryl methyl sites for hydroxylation is 4. The van der Waals surface area contributed by atoms with Crippen LogP contribution in [0.25, 0.3) is 0 Å². The Morgan fingerprint density at radius 3 is 2.38 bits per heavy atom. The van der Waals surface area contributed by atoms with E-state index in [1.54, 1.807) is 11.1 Å². The Hall–Kier alpha value is -1.28.